The second kappa shape index (κ2) is 11.6. The molecular weight excluding hydrogens is 590 g/mol. The highest BCUT2D eigenvalue weighted by Gasteiger charge is 2.48. The molecule has 0 spiro atoms. The molecule has 0 saturated carbocycles. The first-order chi connectivity index (χ1) is 20.2. The van der Waals surface area contributed by atoms with Gasteiger partial charge in [0.25, 0.3) is 5.78 Å². The van der Waals surface area contributed by atoms with E-state index in [1.54, 1.807) is 12.1 Å². The molecule has 4 aromatic rings. The van der Waals surface area contributed by atoms with Crippen LogP contribution in [0.4, 0.5) is 5.13 Å². The number of halogens is 1. The van der Waals surface area contributed by atoms with Crippen LogP contribution in [0.3, 0.4) is 0 Å². The molecule has 1 amide bonds. The first-order valence-corrected chi connectivity index (χ1v) is 15.8. The summed E-state index contributed by atoms with van der Waals surface area (Å²) in [4.78, 5) is 28.6. The van der Waals surface area contributed by atoms with Gasteiger partial charge < -0.3 is 9.84 Å². The van der Waals surface area contributed by atoms with Crippen LogP contribution in [0.25, 0.3) is 5.76 Å². The highest BCUT2D eigenvalue weighted by atomic mass is 35.5. The van der Waals surface area contributed by atoms with Gasteiger partial charge in [-0.2, -0.15) is 0 Å². The Morgan fingerprint density at radius 3 is 2.55 bits per heavy atom. The molecule has 3 heterocycles. The highest BCUT2D eigenvalue weighted by molar-refractivity contribution is 8.00. The molecule has 42 heavy (non-hydrogen) atoms. The first-order valence-electron chi connectivity index (χ1n) is 13.6. The van der Waals surface area contributed by atoms with E-state index in [0.29, 0.717) is 43.7 Å². The summed E-state index contributed by atoms with van der Waals surface area (Å²) in [6.07, 6.45) is 0.734. The van der Waals surface area contributed by atoms with Gasteiger partial charge in [-0.15, -0.1) is 10.2 Å². The van der Waals surface area contributed by atoms with Crippen LogP contribution < -0.4 is 9.64 Å². The van der Waals surface area contributed by atoms with Crippen molar-refractivity contribution >= 4 is 57.3 Å². The van der Waals surface area contributed by atoms with Crippen LogP contribution in [0, 0.1) is 0 Å². The van der Waals surface area contributed by atoms with Crippen molar-refractivity contribution in [3.8, 4) is 5.75 Å². The molecule has 1 saturated heterocycles. The maximum Gasteiger partial charge on any atom is 0.301 e. The number of carbonyl (C=O) groups excluding carboxylic acids is 2. The van der Waals surface area contributed by atoms with E-state index in [2.05, 4.69) is 24.0 Å². The van der Waals surface area contributed by atoms with E-state index in [4.69, 9.17) is 16.3 Å². The topological polar surface area (TPSA) is 92.6 Å². The average Bonchev–Trinajstić information content (AvgIpc) is 3.67. The second-order valence-corrected chi connectivity index (χ2v) is 13.3. The number of aromatic nitrogens is 2. The van der Waals surface area contributed by atoms with Crippen molar-refractivity contribution in [1.29, 1.82) is 0 Å². The molecule has 6 rings (SSSR count). The lowest BCUT2D eigenvalue weighted by atomic mass is 9.93. The largest absolute Gasteiger partial charge is 0.507 e. The third kappa shape index (κ3) is 5.44. The van der Waals surface area contributed by atoms with Gasteiger partial charge in [0.1, 0.15) is 17.6 Å². The number of Topliss-reactive ketones (excluding diaryl/α,β-unsaturated/α-hetero) is 1. The van der Waals surface area contributed by atoms with E-state index in [9.17, 15) is 14.7 Å². The van der Waals surface area contributed by atoms with Crippen LogP contribution in [-0.2, 0) is 21.8 Å². The summed E-state index contributed by atoms with van der Waals surface area (Å²) in [5, 5.41) is 21.1. The predicted molar refractivity (Wildman–Crippen MR) is 166 cm³/mol. The maximum atomic E-state index is 13.6. The van der Waals surface area contributed by atoms with Gasteiger partial charge >= 0.3 is 5.91 Å². The number of fused-ring (bicyclic) bond motifs is 1. The minimum absolute atomic E-state index is 0.0229. The fourth-order valence-electron chi connectivity index (χ4n) is 5.22. The monoisotopic (exact) mass is 617 g/mol. The molecule has 1 N–H and O–H groups in total. The van der Waals surface area contributed by atoms with Crippen molar-refractivity contribution in [2.24, 2.45) is 0 Å². The molecule has 1 aromatic heterocycles. The van der Waals surface area contributed by atoms with Crippen molar-refractivity contribution in [1.82, 2.24) is 10.2 Å². The summed E-state index contributed by atoms with van der Waals surface area (Å²) < 4.78 is 6.46. The Morgan fingerprint density at radius 2 is 1.83 bits per heavy atom. The minimum Gasteiger partial charge on any atom is -0.507 e. The number of hydrogen-bond acceptors (Lipinski definition) is 8. The summed E-state index contributed by atoms with van der Waals surface area (Å²) >= 11 is 8.72. The first kappa shape index (κ1) is 28.5. The number of ketones is 1. The summed E-state index contributed by atoms with van der Waals surface area (Å²) in [5.74, 6) is -0.0227. The fraction of sp³-hybridized carbons (Fsp3) is 0.250. The number of anilines is 1. The second-order valence-electron chi connectivity index (χ2n) is 10.7. The third-order valence-corrected chi connectivity index (χ3v) is 9.79. The van der Waals surface area contributed by atoms with Crippen LogP contribution in [0.5, 0.6) is 5.75 Å². The molecule has 0 aliphatic carbocycles. The number of nitrogens with zero attached hydrogens (tertiary/aromatic N) is 3. The van der Waals surface area contributed by atoms with Crippen LogP contribution in [0.15, 0.2) is 76.6 Å². The molecule has 3 aromatic carbocycles. The minimum atomic E-state index is -0.864. The number of rotatable bonds is 7. The van der Waals surface area contributed by atoms with Crippen molar-refractivity contribution in [2.75, 3.05) is 4.90 Å². The van der Waals surface area contributed by atoms with Crippen molar-refractivity contribution in [3.05, 3.63) is 105 Å². The lowest BCUT2D eigenvalue weighted by molar-refractivity contribution is -0.132. The number of hydrogen-bond donors (Lipinski definition) is 1. The molecule has 10 heteroatoms. The van der Waals surface area contributed by atoms with E-state index in [-0.39, 0.29) is 17.4 Å². The predicted octanol–water partition coefficient (Wildman–Crippen LogP) is 7.56. The average molecular weight is 618 g/mol. The number of carbonyl (C=O) groups is 2. The van der Waals surface area contributed by atoms with Gasteiger partial charge in [-0.3, -0.25) is 14.5 Å². The molecule has 2 aliphatic rings. The van der Waals surface area contributed by atoms with E-state index < -0.39 is 17.7 Å². The standard InChI is InChI=1S/C32H28ClN3O4S2/c1-17(2)20-6-8-21(9-7-20)27-26(28(37)22-10-13-25-23(15-22)14-18(3)40-25)29(38)30(39)36(27)31-34-35-32(42-31)41-16-19-4-11-24(33)12-5-19/h4-13,15,17-18,27,37H,14,16H2,1-3H3/t18-,27-/m1/s1. The molecule has 2 aliphatic heterocycles. The Labute approximate surface area is 257 Å². The fourth-order valence-corrected chi connectivity index (χ4v) is 7.17. The van der Waals surface area contributed by atoms with Gasteiger partial charge in [0, 0.05) is 22.8 Å². The zero-order valence-electron chi connectivity index (χ0n) is 23.2. The summed E-state index contributed by atoms with van der Waals surface area (Å²) in [5.41, 5.74) is 4.33. The van der Waals surface area contributed by atoms with E-state index in [1.807, 2.05) is 61.5 Å². The Hall–Kier alpha value is -3.66. The Balaban J connectivity index is 1.39. The molecule has 7 nitrogen and oxygen atoms in total. The number of ether oxygens (including phenoxy) is 1. The number of amides is 1. The van der Waals surface area contributed by atoms with Gasteiger partial charge in [0.15, 0.2) is 4.34 Å². The Morgan fingerprint density at radius 1 is 1.10 bits per heavy atom. The smallest absolute Gasteiger partial charge is 0.301 e. The number of benzene rings is 3. The van der Waals surface area contributed by atoms with E-state index in [1.165, 1.54) is 28.0 Å². The van der Waals surface area contributed by atoms with Crippen molar-refractivity contribution in [3.63, 3.8) is 0 Å². The summed E-state index contributed by atoms with van der Waals surface area (Å²) in [7, 11) is 0. The van der Waals surface area contributed by atoms with Gasteiger partial charge in [-0.1, -0.05) is 84.9 Å². The number of thioether (sulfide) groups is 1. The van der Waals surface area contributed by atoms with Crippen LogP contribution in [0.2, 0.25) is 5.02 Å². The number of aliphatic hydroxyl groups excluding tert-OH is 1. The lowest BCUT2D eigenvalue weighted by Gasteiger charge is -2.23. The normalized spacial score (nSPS) is 19.4. The van der Waals surface area contributed by atoms with Gasteiger partial charge in [-0.25, -0.2) is 0 Å². The summed E-state index contributed by atoms with van der Waals surface area (Å²) in [6, 6.07) is 19.8. The molecule has 214 valence electrons. The maximum absolute atomic E-state index is 13.6. The molecule has 2 atom stereocenters. The highest BCUT2D eigenvalue weighted by Crippen LogP contribution is 2.45. The SMILES string of the molecule is CC(C)c1ccc([C@@H]2C(=C(O)c3ccc4c(c3)C[C@@H](C)O4)C(=O)C(=O)N2c2nnc(SCc3ccc(Cl)cc3)s2)cc1. The molecular formula is C32H28ClN3O4S2. The third-order valence-electron chi connectivity index (χ3n) is 7.41. The molecule has 0 unspecified atom stereocenters. The molecule has 1 fully saturated rings. The van der Waals surface area contributed by atoms with Crippen molar-refractivity contribution < 1.29 is 19.4 Å². The molecule has 0 bridgehead atoms. The van der Waals surface area contributed by atoms with E-state index in [0.717, 1.165) is 22.4 Å². The van der Waals surface area contributed by atoms with Crippen LogP contribution in [0.1, 0.15) is 60.5 Å². The van der Waals surface area contributed by atoms with Gasteiger partial charge in [-0.05, 0) is 65.4 Å². The van der Waals surface area contributed by atoms with Crippen LogP contribution >= 0.6 is 34.7 Å². The zero-order chi connectivity index (χ0) is 29.5. The lowest BCUT2D eigenvalue weighted by Crippen LogP contribution is -2.29. The Bertz CT molecular complexity index is 1700. The molecule has 0 radical (unpaired) electrons. The van der Waals surface area contributed by atoms with Crippen molar-refractivity contribution in [2.45, 2.75) is 55.3 Å². The zero-order valence-corrected chi connectivity index (χ0v) is 25.6. The van der Waals surface area contributed by atoms with Crippen LogP contribution in [-0.4, -0.2) is 33.1 Å². The van der Waals surface area contributed by atoms with Gasteiger partial charge in [0.2, 0.25) is 5.13 Å². The quantitative estimate of drug-likeness (QED) is 0.0752. The van der Waals surface area contributed by atoms with Gasteiger partial charge in [0.05, 0.1) is 11.6 Å². The number of aliphatic hydroxyl groups is 1. The van der Waals surface area contributed by atoms with E-state index >= 15 is 0 Å². The Kier molecular flexibility index (Phi) is 7.83. The summed E-state index contributed by atoms with van der Waals surface area (Å²) in [6.45, 7) is 6.18.